The number of anilines is 1. The number of rotatable bonds is 4. The zero-order valence-corrected chi connectivity index (χ0v) is 17.5. The van der Waals surface area contributed by atoms with E-state index < -0.39 is 0 Å². The van der Waals surface area contributed by atoms with Crippen molar-refractivity contribution < 1.29 is 14.3 Å². The van der Waals surface area contributed by atoms with Crippen molar-refractivity contribution in [3.63, 3.8) is 0 Å². The molecule has 5 nitrogen and oxygen atoms in total. The number of ether oxygens (including phenoxy) is 2. The van der Waals surface area contributed by atoms with E-state index in [2.05, 4.69) is 5.32 Å². The van der Waals surface area contributed by atoms with Crippen LogP contribution in [0.2, 0.25) is 0 Å². The lowest BCUT2D eigenvalue weighted by Crippen LogP contribution is -2.48. The van der Waals surface area contributed by atoms with Crippen molar-refractivity contribution in [1.29, 1.82) is 0 Å². The van der Waals surface area contributed by atoms with Gasteiger partial charge in [-0.05, 0) is 68.2 Å². The Labute approximate surface area is 174 Å². The summed E-state index contributed by atoms with van der Waals surface area (Å²) in [5, 5.41) is 3.13. The van der Waals surface area contributed by atoms with Crippen LogP contribution in [0.15, 0.2) is 18.2 Å². The highest BCUT2D eigenvalue weighted by Crippen LogP contribution is 2.42. The Balaban J connectivity index is 0.00000225. The largest absolute Gasteiger partial charge is 0.490 e. The fourth-order valence-corrected chi connectivity index (χ4v) is 5.08. The van der Waals surface area contributed by atoms with Crippen molar-refractivity contribution in [2.45, 2.75) is 64.0 Å². The third kappa shape index (κ3) is 4.81. The van der Waals surface area contributed by atoms with Gasteiger partial charge in [0.25, 0.3) is 0 Å². The zero-order chi connectivity index (χ0) is 18.8. The summed E-state index contributed by atoms with van der Waals surface area (Å²) >= 11 is 0. The first kappa shape index (κ1) is 21.4. The highest BCUT2D eigenvalue weighted by molar-refractivity contribution is 5.92. The van der Waals surface area contributed by atoms with Crippen molar-refractivity contribution in [2.75, 3.05) is 18.5 Å². The van der Waals surface area contributed by atoms with Gasteiger partial charge in [0.05, 0.1) is 13.2 Å². The van der Waals surface area contributed by atoms with Gasteiger partial charge in [0.2, 0.25) is 5.91 Å². The molecule has 2 aliphatic carbocycles. The summed E-state index contributed by atoms with van der Waals surface area (Å²) in [5.74, 6) is 2.18. The predicted molar refractivity (Wildman–Crippen MR) is 113 cm³/mol. The number of nitrogens with one attached hydrogen (secondary N) is 1. The maximum Gasteiger partial charge on any atom is 0.227 e. The predicted octanol–water partition coefficient (Wildman–Crippen LogP) is 4.07. The van der Waals surface area contributed by atoms with Gasteiger partial charge in [-0.2, -0.15) is 0 Å². The molecule has 0 spiro atoms. The number of fused-ring (bicyclic) bond motifs is 2. The first-order valence-electron chi connectivity index (χ1n) is 10.5. The van der Waals surface area contributed by atoms with E-state index in [0.717, 1.165) is 55.9 Å². The minimum atomic E-state index is 0. The normalized spacial score (nSPS) is 30.2. The van der Waals surface area contributed by atoms with Crippen LogP contribution in [0.5, 0.6) is 5.75 Å². The quantitative estimate of drug-likeness (QED) is 0.787. The van der Waals surface area contributed by atoms with Gasteiger partial charge in [-0.15, -0.1) is 12.4 Å². The summed E-state index contributed by atoms with van der Waals surface area (Å²) in [5.41, 5.74) is 8.27. The number of hydrogen-bond acceptors (Lipinski definition) is 4. The number of benzene rings is 1. The molecule has 0 radical (unpaired) electrons. The number of hydrogen-bond donors (Lipinski definition) is 2. The third-order valence-electron chi connectivity index (χ3n) is 6.69. The Morgan fingerprint density at radius 1 is 1.14 bits per heavy atom. The van der Waals surface area contributed by atoms with E-state index in [1.807, 2.05) is 25.1 Å². The van der Waals surface area contributed by atoms with Crippen LogP contribution in [0.4, 0.5) is 5.69 Å². The number of amides is 1. The second-order valence-corrected chi connectivity index (χ2v) is 8.60. The second-order valence-electron chi connectivity index (χ2n) is 8.60. The van der Waals surface area contributed by atoms with Crippen molar-refractivity contribution in [3.05, 3.63) is 23.8 Å². The van der Waals surface area contributed by atoms with Crippen molar-refractivity contribution in [3.8, 4) is 5.75 Å². The molecule has 28 heavy (non-hydrogen) atoms. The van der Waals surface area contributed by atoms with E-state index in [4.69, 9.17) is 15.2 Å². The molecule has 1 amide bonds. The second kappa shape index (κ2) is 9.47. The smallest absolute Gasteiger partial charge is 0.227 e. The molecule has 0 aromatic heterocycles. The molecule has 3 fully saturated rings. The van der Waals surface area contributed by atoms with Gasteiger partial charge in [0, 0.05) is 30.5 Å². The summed E-state index contributed by atoms with van der Waals surface area (Å²) in [7, 11) is 0. The molecule has 1 aromatic rings. The average Bonchev–Trinajstić information content (AvgIpc) is 2.64. The number of carbonyl (C=O) groups excluding carboxylic acids is 1. The van der Waals surface area contributed by atoms with Gasteiger partial charge in [0.15, 0.2) is 0 Å². The van der Waals surface area contributed by atoms with Gasteiger partial charge in [-0.3, -0.25) is 4.79 Å². The molecule has 1 aromatic carbocycles. The molecule has 2 bridgehead atoms. The molecule has 3 aliphatic rings. The highest BCUT2D eigenvalue weighted by atomic mass is 35.5. The molecule has 1 saturated heterocycles. The standard InChI is InChI=1S/C22H32N2O3.ClH/c1-14-11-18(5-6-20(14)27-19-7-9-26-10-8-19)24-22(25)17-12-15-3-2-4-16(13-17)21(15)23;/h5-6,11,15-17,19,21H,2-4,7-10,12-13,23H2,1H3,(H,24,25);1H. The van der Waals surface area contributed by atoms with Crippen LogP contribution in [0.3, 0.4) is 0 Å². The lowest BCUT2D eigenvalue weighted by molar-refractivity contribution is -0.122. The van der Waals surface area contributed by atoms with Crippen molar-refractivity contribution in [1.82, 2.24) is 0 Å². The van der Waals surface area contributed by atoms with Gasteiger partial charge in [-0.1, -0.05) is 6.42 Å². The summed E-state index contributed by atoms with van der Waals surface area (Å²) in [6.07, 6.45) is 7.60. The van der Waals surface area contributed by atoms with Crippen LogP contribution >= 0.6 is 12.4 Å². The molecule has 6 heteroatoms. The molecular formula is C22H33ClN2O3. The first-order chi connectivity index (χ1) is 13.1. The highest BCUT2D eigenvalue weighted by Gasteiger charge is 2.40. The molecule has 2 unspecified atom stereocenters. The summed E-state index contributed by atoms with van der Waals surface area (Å²) < 4.78 is 11.5. The number of aryl methyl sites for hydroxylation is 1. The van der Waals surface area contributed by atoms with Gasteiger partial charge < -0.3 is 20.5 Å². The Morgan fingerprint density at radius 2 is 1.82 bits per heavy atom. The number of carbonyl (C=O) groups is 1. The Kier molecular flexibility index (Phi) is 7.24. The van der Waals surface area contributed by atoms with E-state index >= 15 is 0 Å². The fraction of sp³-hybridized carbons (Fsp3) is 0.682. The number of halogens is 1. The van der Waals surface area contributed by atoms with Crippen LogP contribution in [0.1, 0.15) is 50.5 Å². The van der Waals surface area contributed by atoms with E-state index in [9.17, 15) is 4.79 Å². The summed E-state index contributed by atoms with van der Waals surface area (Å²) in [6, 6.07) is 6.25. The van der Waals surface area contributed by atoms with Gasteiger partial charge in [-0.25, -0.2) is 0 Å². The first-order valence-corrected chi connectivity index (χ1v) is 10.5. The van der Waals surface area contributed by atoms with Crippen molar-refractivity contribution >= 4 is 24.0 Å². The SMILES string of the molecule is Cc1cc(NC(=O)C2CC3CCCC(C2)C3N)ccc1OC1CCOCC1.Cl. The minimum absolute atomic E-state index is 0. The molecule has 4 rings (SSSR count). The summed E-state index contributed by atoms with van der Waals surface area (Å²) in [4.78, 5) is 12.8. The lowest BCUT2D eigenvalue weighted by atomic mass is 9.65. The maximum absolute atomic E-state index is 12.8. The molecule has 2 saturated carbocycles. The molecule has 3 N–H and O–H groups in total. The van der Waals surface area contributed by atoms with Crippen LogP contribution in [0.25, 0.3) is 0 Å². The van der Waals surface area contributed by atoms with Crippen LogP contribution in [0, 0.1) is 24.7 Å². The van der Waals surface area contributed by atoms with E-state index in [1.165, 1.54) is 19.3 Å². The van der Waals surface area contributed by atoms with Gasteiger partial charge in [0.1, 0.15) is 11.9 Å². The van der Waals surface area contributed by atoms with Crippen molar-refractivity contribution in [2.24, 2.45) is 23.5 Å². The van der Waals surface area contributed by atoms with Crippen LogP contribution in [-0.2, 0) is 9.53 Å². The molecule has 1 heterocycles. The fourth-order valence-electron chi connectivity index (χ4n) is 5.08. The molecule has 156 valence electrons. The summed E-state index contributed by atoms with van der Waals surface area (Å²) in [6.45, 7) is 3.57. The van der Waals surface area contributed by atoms with E-state index in [1.54, 1.807) is 0 Å². The zero-order valence-electron chi connectivity index (χ0n) is 16.7. The molecule has 2 atom stereocenters. The Morgan fingerprint density at radius 3 is 2.46 bits per heavy atom. The third-order valence-corrected chi connectivity index (χ3v) is 6.69. The van der Waals surface area contributed by atoms with Crippen LogP contribution in [-0.4, -0.2) is 31.3 Å². The van der Waals surface area contributed by atoms with E-state index in [0.29, 0.717) is 17.9 Å². The minimum Gasteiger partial charge on any atom is -0.490 e. The van der Waals surface area contributed by atoms with E-state index in [-0.39, 0.29) is 30.3 Å². The molecule has 1 aliphatic heterocycles. The van der Waals surface area contributed by atoms with Gasteiger partial charge >= 0.3 is 0 Å². The monoisotopic (exact) mass is 408 g/mol. The average molecular weight is 409 g/mol. The Bertz CT molecular complexity index is 664. The maximum atomic E-state index is 12.8. The van der Waals surface area contributed by atoms with Crippen LogP contribution < -0.4 is 15.8 Å². The lowest BCUT2D eigenvalue weighted by Gasteiger charge is -2.43. The Hall–Kier alpha value is -1.30. The molecular weight excluding hydrogens is 376 g/mol. The topological polar surface area (TPSA) is 73.6 Å². The number of nitrogens with two attached hydrogens (primary N) is 1.